The highest BCUT2D eigenvalue weighted by atomic mass is 32.2. The Hall–Kier alpha value is -1.90. The third-order valence-corrected chi connectivity index (χ3v) is 7.14. The first-order valence-electron chi connectivity index (χ1n) is 8.73. The average molecular weight is 409 g/mol. The molecule has 0 radical (unpaired) electrons. The van der Waals surface area contributed by atoms with Crippen molar-refractivity contribution in [2.75, 3.05) is 24.2 Å². The van der Waals surface area contributed by atoms with Gasteiger partial charge in [-0.25, -0.2) is 12.8 Å². The number of anilines is 1. The number of nitrogens with one attached hydrogen (secondary N) is 1. The molecule has 5 nitrogen and oxygen atoms in total. The number of carbonyl (C=O) groups excluding carboxylic acids is 1. The molecular formula is C19H21FN2O3S2. The summed E-state index contributed by atoms with van der Waals surface area (Å²) in [5.41, 5.74) is 0.465. The number of rotatable bonds is 7. The number of sulfonamides is 1. The standard InChI is InChI=1S/C19H21FN2O3S2/c20-15-6-8-17(9-7-15)26-13-10-19(23)21-16-4-3-5-18(14-16)27(24,25)22-11-1-2-12-22/h3-9,14H,1-2,10-13H2,(H,21,23). The molecule has 1 fully saturated rings. The van der Waals surface area contributed by atoms with Gasteiger partial charge in [-0.2, -0.15) is 4.31 Å². The van der Waals surface area contributed by atoms with Crippen molar-refractivity contribution >= 4 is 33.4 Å². The first-order chi connectivity index (χ1) is 12.9. The van der Waals surface area contributed by atoms with Crippen LogP contribution in [0.15, 0.2) is 58.3 Å². The molecule has 0 aliphatic carbocycles. The molecule has 1 N–H and O–H groups in total. The largest absolute Gasteiger partial charge is 0.326 e. The first kappa shape index (κ1) is 19.9. The second-order valence-electron chi connectivity index (χ2n) is 6.24. The molecule has 0 saturated carbocycles. The molecular weight excluding hydrogens is 387 g/mol. The summed E-state index contributed by atoms with van der Waals surface area (Å²) in [5.74, 6) is 0.0599. The van der Waals surface area contributed by atoms with Crippen LogP contribution < -0.4 is 5.32 Å². The lowest BCUT2D eigenvalue weighted by atomic mass is 10.3. The number of carbonyl (C=O) groups is 1. The van der Waals surface area contributed by atoms with Crippen LogP contribution >= 0.6 is 11.8 Å². The molecule has 3 rings (SSSR count). The summed E-state index contributed by atoms with van der Waals surface area (Å²) < 4.78 is 39.6. The van der Waals surface area contributed by atoms with E-state index in [2.05, 4.69) is 5.32 Å². The van der Waals surface area contributed by atoms with Gasteiger partial charge in [0, 0.05) is 35.8 Å². The van der Waals surface area contributed by atoms with E-state index in [0.29, 0.717) is 24.5 Å². The molecule has 1 amide bonds. The van der Waals surface area contributed by atoms with Gasteiger partial charge < -0.3 is 5.32 Å². The second-order valence-corrected chi connectivity index (χ2v) is 9.35. The molecule has 0 atom stereocenters. The van der Waals surface area contributed by atoms with E-state index in [9.17, 15) is 17.6 Å². The normalized spacial score (nSPS) is 15.0. The average Bonchev–Trinajstić information content (AvgIpc) is 3.19. The third-order valence-electron chi connectivity index (χ3n) is 4.23. The zero-order valence-electron chi connectivity index (χ0n) is 14.7. The first-order valence-corrected chi connectivity index (χ1v) is 11.2. The molecule has 8 heteroatoms. The fraction of sp³-hybridized carbons (Fsp3) is 0.316. The Kier molecular flexibility index (Phi) is 6.51. The molecule has 0 unspecified atom stereocenters. The molecule has 2 aromatic rings. The van der Waals surface area contributed by atoms with E-state index in [1.807, 2.05) is 0 Å². The van der Waals surface area contributed by atoms with Crippen LogP contribution in [0.4, 0.5) is 10.1 Å². The quantitative estimate of drug-likeness (QED) is 0.709. The van der Waals surface area contributed by atoms with Gasteiger partial charge in [0.05, 0.1) is 4.90 Å². The zero-order valence-corrected chi connectivity index (χ0v) is 16.4. The van der Waals surface area contributed by atoms with Crippen molar-refractivity contribution in [2.24, 2.45) is 0 Å². The van der Waals surface area contributed by atoms with Crippen LogP contribution in [-0.2, 0) is 14.8 Å². The molecule has 1 heterocycles. The number of nitrogens with zero attached hydrogens (tertiary/aromatic N) is 1. The van der Waals surface area contributed by atoms with E-state index in [-0.39, 0.29) is 23.0 Å². The molecule has 144 valence electrons. The zero-order chi connectivity index (χ0) is 19.3. The van der Waals surface area contributed by atoms with Crippen LogP contribution in [0.1, 0.15) is 19.3 Å². The minimum Gasteiger partial charge on any atom is -0.326 e. The molecule has 2 aromatic carbocycles. The van der Waals surface area contributed by atoms with Gasteiger partial charge in [0.1, 0.15) is 5.82 Å². The highest BCUT2D eigenvalue weighted by molar-refractivity contribution is 7.99. The van der Waals surface area contributed by atoms with Crippen molar-refractivity contribution in [3.8, 4) is 0 Å². The van der Waals surface area contributed by atoms with Gasteiger partial charge in [0.15, 0.2) is 0 Å². The SMILES string of the molecule is O=C(CCSc1ccc(F)cc1)Nc1cccc(S(=O)(=O)N2CCCC2)c1. The number of hydrogen-bond acceptors (Lipinski definition) is 4. The van der Waals surface area contributed by atoms with Crippen molar-refractivity contribution in [3.05, 3.63) is 54.3 Å². The lowest BCUT2D eigenvalue weighted by Crippen LogP contribution is -2.27. The summed E-state index contributed by atoms with van der Waals surface area (Å²) >= 11 is 1.46. The summed E-state index contributed by atoms with van der Waals surface area (Å²) in [7, 11) is -3.51. The number of thioether (sulfide) groups is 1. The van der Waals surface area contributed by atoms with Gasteiger partial charge in [0.25, 0.3) is 0 Å². The summed E-state index contributed by atoms with van der Waals surface area (Å²) in [4.78, 5) is 13.2. The Morgan fingerprint density at radius 2 is 1.81 bits per heavy atom. The number of amides is 1. The smallest absolute Gasteiger partial charge is 0.243 e. The monoisotopic (exact) mass is 408 g/mol. The Labute approximate surface area is 163 Å². The second kappa shape index (κ2) is 8.86. The lowest BCUT2D eigenvalue weighted by molar-refractivity contribution is -0.115. The van der Waals surface area contributed by atoms with E-state index in [4.69, 9.17) is 0 Å². The number of benzene rings is 2. The third kappa shape index (κ3) is 5.31. The summed E-state index contributed by atoms with van der Waals surface area (Å²) in [6.07, 6.45) is 2.02. The van der Waals surface area contributed by atoms with Crippen LogP contribution in [0, 0.1) is 5.82 Å². The maximum atomic E-state index is 12.9. The Balaban J connectivity index is 1.55. The van der Waals surface area contributed by atoms with Gasteiger partial charge in [-0.15, -0.1) is 11.8 Å². The fourth-order valence-corrected chi connectivity index (χ4v) is 5.24. The molecule has 1 aliphatic heterocycles. The topological polar surface area (TPSA) is 66.5 Å². The summed E-state index contributed by atoms with van der Waals surface area (Å²) in [6.45, 7) is 1.08. The van der Waals surface area contributed by atoms with E-state index in [1.165, 1.54) is 34.3 Å². The number of hydrogen-bond donors (Lipinski definition) is 1. The fourth-order valence-electron chi connectivity index (χ4n) is 2.83. The molecule has 0 spiro atoms. The van der Waals surface area contributed by atoms with E-state index in [1.54, 1.807) is 30.3 Å². The van der Waals surface area contributed by atoms with Crippen LogP contribution in [0.2, 0.25) is 0 Å². The number of halogens is 1. The maximum absolute atomic E-state index is 12.9. The Morgan fingerprint density at radius 3 is 2.52 bits per heavy atom. The van der Waals surface area contributed by atoms with Crippen LogP contribution in [0.3, 0.4) is 0 Å². The van der Waals surface area contributed by atoms with Crippen LogP contribution in [-0.4, -0.2) is 37.5 Å². The highest BCUT2D eigenvalue weighted by Gasteiger charge is 2.27. The minimum absolute atomic E-state index is 0.194. The lowest BCUT2D eigenvalue weighted by Gasteiger charge is -2.16. The summed E-state index contributed by atoms with van der Waals surface area (Å²) in [5, 5.41) is 2.75. The molecule has 0 bridgehead atoms. The van der Waals surface area contributed by atoms with Gasteiger partial charge in [0.2, 0.25) is 15.9 Å². The van der Waals surface area contributed by atoms with Gasteiger partial charge in [-0.05, 0) is 55.3 Å². The van der Waals surface area contributed by atoms with Crippen molar-refractivity contribution in [1.82, 2.24) is 4.31 Å². The Morgan fingerprint density at radius 1 is 1.11 bits per heavy atom. The minimum atomic E-state index is -3.51. The van der Waals surface area contributed by atoms with Gasteiger partial charge >= 0.3 is 0 Å². The maximum Gasteiger partial charge on any atom is 0.243 e. The van der Waals surface area contributed by atoms with Crippen molar-refractivity contribution in [2.45, 2.75) is 29.1 Å². The molecule has 1 saturated heterocycles. The Bertz CT molecular complexity index is 895. The van der Waals surface area contributed by atoms with Crippen LogP contribution in [0.25, 0.3) is 0 Å². The predicted octanol–water partition coefficient (Wildman–Crippen LogP) is 3.73. The van der Waals surface area contributed by atoms with E-state index >= 15 is 0 Å². The van der Waals surface area contributed by atoms with E-state index in [0.717, 1.165) is 17.7 Å². The van der Waals surface area contributed by atoms with E-state index < -0.39 is 10.0 Å². The van der Waals surface area contributed by atoms with Gasteiger partial charge in [-0.3, -0.25) is 4.79 Å². The summed E-state index contributed by atoms with van der Waals surface area (Å²) in [6, 6.07) is 12.5. The molecule has 27 heavy (non-hydrogen) atoms. The highest BCUT2D eigenvalue weighted by Crippen LogP contribution is 2.23. The molecule has 1 aliphatic rings. The molecule has 0 aromatic heterocycles. The van der Waals surface area contributed by atoms with Crippen molar-refractivity contribution in [3.63, 3.8) is 0 Å². The van der Waals surface area contributed by atoms with Crippen molar-refractivity contribution < 1.29 is 17.6 Å². The van der Waals surface area contributed by atoms with Gasteiger partial charge in [-0.1, -0.05) is 6.07 Å². The predicted molar refractivity (Wildman–Crippen MR) is 105 cm³/mol. The van der Waals surface area contributed by atoms with Crippen LogP contribution in [0.5, 0.6) is 0 Å². The van der Waals surface area contributed by atoms with Crippen molar-refractivity contribution in [1.29, 1.82) is 0 Å².